The third kappa shape index (κ3) is 2.96. The van der Waals surface area contributed by atoms with Crippen LogP contribution in [0.25, 0.3) is 0 Å². The van der Waals surface area contributed by atoms with Gasteiger partial charge in [-0.15, -0.1) is 0 Å². The number of hydrazone groups is 1. The Hall–Kier alpha value is -1.66. The molecule has 0 bridgehead atoms. The molecule has 0 atom stereocenters. The summed E-state index contributed by atoms with van der Waals surface area (Å²) in [5.41, 5.74) is 3.46. The topological polar surface area (TPSA) is 70.1 Å². The Bertz CT molecular complexity index is 641. The van der Waals surface area contributed by atoms with Crippen LogP contribution in [-0.4, -0.2) is 16.4 Å². The smallest absolute Gasteiger partial charge is 0.275 e. The summed E-state index contributed by atoms with van der Waals surface area (Å²) in [7, 11) is 0. The van der Waals surface area contributed by atoms with Crippen LogP contribution in [0, 0.1) is 0 Å². The van der Waals surface area contributed by atoms with E-state index in [1.54, 1.807) is 6.21 Å². The standard InChI is InChI=1S/C11H8BrClN4O/c12-8-4-2-1-3-7(8)5-14-16-9-6-15-17-11(18)10(9)13/h1-6H,(H2,16,17,18). The first-order chi connectivity index (χ1) is 8.68. The van der Waals surface area contributed by atoms with Crippen LogP contribution >= 0.6 is 27.5 Å². The fourth-order valence-corrected chi connectivity index (χ4v) is 1.73. The minimum atomic E-state index is -0.460. The SMILES string of the molecule is O=c1[nH]ncc(NN=Cc2ccccc2Br)c1Cl. The van der Waals surface area contributed by atoms with E-state index >= 15 is 0 Å². The van der Waals surface area contributed by atoms with Gasteiger partial charge in [0.25, 0.3) is 5.56 Å². The van der Waals surface area contributed by atoms with Crippen molar-refractivity contribution in [2.24, 2.45) is 5.10 Å². The molecule has 1 aromatic carbocycles. The molecule has 0 amide bonds. The van der Waals surface area contributed by atoms with E-state index in [9.17, 15) is 4.79 Å². The largest absolute Gasteiger partial charge is 0.285 e. The van der Waals surface area contributed by atoms with Gasteiger partial charge in [-0.3, -0.25) is 10.2 Å². The molecule has 0 saturated carbocycles. The zero-order valence-electron chi connectivity index (χ0n) is 9.02. The lowest BCUT2D eigenvalue weighted by Crippen LogP contribution is -2.10. The summed E-state index contributed by atoms with van der Waals surface area (Å²) in [5.74, 6) is 0. The Morgan fingerprint density at radius 3 is 3.00 bits per heavy atom. The molecular formula is C11H8BrClN4O. The Labute approximate surface area is 116 Å². The number of nitrogens with zero attached hydrogens (tertiary/aromatic N) is 2. The molecule has 0 spiro atoms. The van der Waals surface area contributed by atoms with Crippen LogP contribution < -0.4 is 11.0 Å². The second kappa shape index (κ2) is 5.79. The van der Waals surface area contributed by atoms with Gasteiger partial charge >= 0.3 is 0 Å². The zero-order valence-corrected chi connectivity index (χ0v) is 11.4. The third-order valence-electron chi connectivity index (χ3n) is 2.09. The number of anilines is 1. The van der Waals surface area contributed by atoms with Crippen LogP contribution in [0.15, 0.2) is 44.8 Å². The van der Waals surface area contributed by atoms with Crippen LogP contribution in [0.2, 0.25) is 5.02 Å². The molecule has 0 unspecified atom stereocenters. The number of aromatic amines is 1. The maximum absolute atomic E-state index is 11.2. The third-order valence-corrected chi connectivity index (χ3v) is 3.19. The van der Waals surface area contributed by atoms with E-state index in [1.807, 2.05) is 24.3 Å². The van der Waals surface area contributed by atoms with Crippen molar-refractivity contribution in [3.63, 3.8) is 0 Å². The fraction of sp³-hybridized carbons (Fsp3) is 0. The van der Waals surface area contributed by atoms with Gasteiger partial charge < -0.3 is 0 Å². The summed E-state index contributed by atoms with van der Waals surface area (Å²) < 4.78 is 0.922. The van der Waals surface area contributed by atoms with Gasteiger partial charge in [-0.1, -0.05) is 45.7 Å². The van der Waals surface area contributed by atoms with Crippen molar-refractivity contribution >= 4 is 39.4 Å². The normalized spacial score (nSPS) is 10.8. The lowest BCUT2D eigenvalue weighted by molar-refractivity contribution is 0.987. The van der Waals surface area contributed by atoms with E-state index in [0.717, 1.165) is 10.0 Å². The molecule has 0 fully saturated rings. The second-order valence-corrected chi connectivity index (χ2v) is 4.55. The molecule has 5 nitrogen and oxygen atoms in total. The van der Waals surface area contributed by atoms with E-state index in [2.05, 4.69) is 36.7 Å². The Morgan fingerprint density at radius 1 is 1.44 bits per heavy atom. The van der Waals surface area contributed by atoms with Gasteiger partial charge in [0.15, 0.2) is 0 Å². The number of H-pyrrole nitrogens is 1. The maximum atomic E-state index is 11.2. The highest BCUT2D eigenvalue weighted by Gasteiger charge is 2.02. The summed E-state index contributed by atoms with van der Waals surface area (Å²) >= 11 is 9.17. The minimum Gasteiger partial charge on any atom is -0.275 e. The van der Waals surface area contributed by atoms with E-state index in [-0.39, 0.29) is 5.02 Å². The van der Waals surface area contributed by atoms with Gasteiger partial charge in [0.2, 0.25) is 0 Å². The van der Waals surface area contributed by atoms with Gasteiger partial charge in [-0.25, -0.2) is 5.10 Å². The molecule has 2 N–H and O–H groups in total. The summed E-state index contributed by atoms with van der Waals surface area (Å²) in [6.07, 6.45) is 3.00. The predicted molar refractivity (Wildman–Crippen MR) is 75.2 cm³/mol. The van der Waals surface area contributed by atoms with Gasteiger partial charge in [-0.05, 0) is 6.07 Å². The highest BCUT2D eigenvalue weighted by molar-refractivity contribution is 9.10. The number of halogens is 2. The number of rotatable bonds is 3. The van der Waals surface area contributed by atoms with Crippen molar-refractivity contribution < 1.29 is 0 Å². The molecule has 1 heterocycles. The van der Waals surface area contributed by atoms with E-state index in [0.29, 0.717) is 5.69 Å². The number of hydrogen-bond acceptors (Lipinski definition) is 4. The fourth-order valence-electron chi connectivity index (χ4n) is 1.21. The highest BCUT2D eigenvalue weighted by atomic mass is 79.9. The number of hydrogen-bond donors (Lipinski definition) is 2. The van der Waals surface area contributed by atoms with E-state index in [1.165, 1.54) is 6.20 Å². The molecule has 0 aliphatic carbocycles. The number of aromatic nitrogens is 2. The first-order valence-electron chi connectivity index (χ1n) is 4.95. The molecule has 7 heteroatoms. The molecule has 92 valence electrons. The monoisotopic (exact) mass is 326 g/mol. The van der Waals surface area contributed by atoms with Gasteiger partial charge in [0, 0.05) is 10.0 Å². The summed E-state index contributed by atoms with van der Waals surface area (Å²) in [4.78, 5) is 11.2. The van der Waals surface area contributed by atoms with Gasteiger partial charge in [0.1, 0.15) is 10.7 Å². The number of benzene rings is 1. The van der Waals surface area contributed by atoms with Crippen molar-refractivity contribution in [3.8, 4) is 0 Å². The summed E-state index contributed by atoms with van der Waals surface area (Å²) in [5, 5.41) is 9.86. The lowest BCUT2D eigenvalue weighted by atomic mass is 10.2. The minimum absolute atomic E-state index is 0.0225. The second-order valence-electron chi connectivity index (χ2n) is 3.32. The lowest BCUT2D eigenvalue weighted by Gasteiger charge is -2.01. The Morgan fingerprint density at radius 2 is 2.22 bits per heavy atom. The van der Waals surface area contributed by atoms with Gasteiger partial charge in [0.05, 0.1) is 12.4 Å². The van der Waals surface area contributed by atoms with E-state index < -0.39 is 5.56 Å². The summed E-state index contributed by atoms with van der Waals surface area (Å²) in [6.45, 7) is 0. The van der Waals surface area contributed by atoms with Crippen molar-refractivity contribution in [1.29, 1.82) is 0 Å². The van der Waals surface area contributed by atoms with E-state index in [4.69, 9.17) is 11.6 Å². The maximum Gasteiger partial charge on any atom is 0.285 e. The molecule has 0 saturated heterocycles. The van der Waals surface area contributed by atoms with Crippen LogP contribution in [0.1, 0.15) is 5.56 Å². The molecule has 1 aromatic heterocycles. The van der Waals surface area contributed by atoms with Crippen LogP contribution in [0.3, 0.4) is 0 Å². The van der Waals surface area contributed by atoms with Crippen LogP contribution in [0.5, 0.6) is 0 Å². The molecule has 0 aliphatic rings. The predicted octanol–water partition coefficient (Wildman–Crippen LogP) is 2.63. The Kier molecular flexibility index (Phi) is 4.11. The average Bonchev–Trinajstić information content (AvgIpc) is 2.37. The van der Waals surface area contributed by atoms with Gasteiger partial charge in [-0.2, -0.15) is 10.2 Å². The highest BCUT2D eigenvalue weighted by Crippen LogP contribution is 2.15. The average molecular weight is 328 g/mol. The molecule has 18 heavy (non-hydrogen) atoms. The molecule has 2 aromatic rings. The molecule has 0 aliphatic heterocycles. The molecular weight excluding hydrogens is 320 g/mol. The Balaban J connectivity index is 2.15. The number of nitrogens with one attached hydrogen (secondary N) is 2. The first kappa shape index (κ1) is 12.8. The van der Waals surface area contributed by atoms with Crippen molar-refractivity contribution in [1.82, 2.24) is 10.2 Å². The summed E-state index contributed by atoms with van der Waals surface area (Å²) in [6, 6.07) is 7.61. The zero-order chi connectivity index (χ0) is 13.0. The first-order valence-corrected chi connectivity index (χ1v) is 6.12. The quantitative estimate of drug-likeness (QED) is 0.672. The van der Waals surface area contributed by atoms with Crippen molar-refractivity contribution in [3.05, 3.63) is 55.9 Å². The van der Waals surface area contributed by atoms with Crippen LogP contribution in [0.4, 0.5) is 5.69 Å². The van der Waals surface area contributed by atoms with Crippen molar-refractivity contribution in [2.75, 3.05) is 5.43 Å². The molecule has 2 rings (SSSR count). The van der Waals surface area contributed by atoms with Crippen molar-refractivity contribution in [2.45, 2.75) is 0 Å². The molecule has 0 radical (unpaired) electrons. The van der Waals surface area contributed by atoms with Crippen LogP contribution in [-0.2, 0) is 0 Å².